The van der Waals surface area contributed by atoms with Crippen molar-refractivity contribution in [2.75, 3.05) is 0 Å². The second-order valence-electron chi connectivity index (χ2n) is 3.20. The number of hydrogen-bond acceptors (Lipinski definition) is 2. The summed E-state index contributed by atoms with van der Waals surface area (Å²) in [5.74, 6) is 0.398. The molecular formula is C9H13N3. The average Bonchev–Trinajstić information content (AvgIpc) is 2.32. The molecule has 0 saturated carbocycles. The minimum Gasteiger partial charge on any atom is -0.275 e. The van der Waals surface area contributed by atoms with E-state index in [9.17, 15) is 0 Å². The first-order valence-electron chi connectivity index (χ1n) is 4.04. The normalized spacial score (nSPS) is 10.2. The van der Waals surface area contributed by atoms with Gasteiger partial charge in [-0.15, -0.1) is 0 Å². The summed E-state index contributed by atoms with van der Waals surface area (Å²) in [5, 5.41) is 12.8. The van der Waals surface area contributed by atoms with Gasteiger partial charge in [0.05, 0.1) is 18.2 Å². The van der Waals surface area contributed by atoms with Crippen molar-refractivity contribution in [1.29, 1.82) is 5.26 Å². The second-order valence-corrected chi connectivity index (χ2v) is 3.20. The van der Waals surface area contributed by atoms with Crippen LogP contribution in [0.25, 0.3) is 0 Å². The number of nitriles is 1. The van der Waals surface area contributed by atoms with Gasteiger partial charge in [0.2, 0.25) is 0 Å². The summed E-state index contributed by atoms with van der Waals surface area (Å²) in [5.41, 5.74) is 2.09. The zero-order chi connectivity index (χ0) is 9.14. The van der Waals surface area contributed by atoms with E-state index in [1.54, 1.807) is 4.68 Å². The molecule has 0 aliphatic heterocycles. The zero-order valence-electron chi connectivity index (χ0n) is 7.70. The van der Waals surface area contributed by atoms with Gasteiger partial charge in [-0.05, 0) is 5.92 Å². The summed E-state index contributed by atoms with van der Waals surface area (Å²) < 4.78 is 1.77. The Kier molecular flexibility index (Phi) is 2.49. The molecule has 0 aliphatic carbocycles. The summed E-state index contributed by atoms with van der Waals surface area (Å²) in [6.45, 7) is 4.17. The Morgan fingerprint density at radius 1 is 1.67 bits per heavy atom. The lowest BCUT2D eigenvalue weighted by atomic mass is 10.1. The average molecular weight is 163 g/mol. The van der Waals surface area contributed by atoms with E-state index in [0.29, 0.717) is 12.3 Å². The maximum atomic E-state index is 8.55. The van der Waals surface area contributed by atoms with Crippen LogP contribution in [0, 0.1) is 11.3 Å². The lowest BCUT2D eigenvalue weighted by Crippen LogP contribution is -1.94. The Labute approximate surface area is 72.6 Å². The van der Waals surface area contributed by atoms with Crippen molar-refractivity contribution in [3.05, 3.63) is 17.5 Å². The summed E-state index contributed by atoms with van der Waals surface area (Å²) in [6.07, 6.45) is 2.37. The Morgan fingerprint density at radius 3 is 2.83 bits per heavy atom. The van der Waals surface area contributed by atoms with Crippen LogP contribution < -0.4 is 0 Å². The first-order valence-corrected chi connectivity index (χ1v) is 4.04. The highest BCUT2D eigenvalue weighted by Gasteiger charge is 2.09. The van der Waals surface area contributed by atoms with Gasteiger partial charge in [-0.1, -0.05) is 13.8 Å². The molecule has 0 aromatic carbocycles. The Bertz CT molecular complexity index is 304. The fourth-order valence-electron chi connectivity index (χ4n) is 1.26. The molecule has 0 N–H and O–H groups in total. The van der Waals surface area contributed by atoms with E-state index in [1.165, 1.54) is 0 Å². The number of aryl methyl sites for hydroxylation is 1. The molecule has 64 valence electrons. The Hall–Kier alpha value is -1.30. The maximum Gasteiger partial charge on any atom is 0.0692 e. The van der Waals surface area contributed by atoms with Crippen molar-refractivity contribution < 1.29 is 0 Å². The van der Waals surface area contributed by atoms with Gasteiger partial charge in [0.15, 0.2) is 0 Å². The van der Waals surface area contributed by atoms with Crippen molar-refractivity contribution in [3.8, 4) is 6.07 Å². The van der Waals surface area contributed by atoms with Crippen molar-refractivity contribution in [1.82, 2.24) is 9.78 Å². The molecule has 1 aromatic heterocycles. The monoisotopic (exact) mass is 163 g/mol. The van der Waals surface area contributed by atoms with Gasteiger partial charge in [0.1, 0.15) is 0 Å². The van der Waals surface area contributed by atoms with Gasteiger partial charge >= 0.3 is 0 Å². The molecule has 12 heavy (non-hydrogen) atoms. The second kappa shape index (κ2) is 3.40. The molecule has 0 radical (unpaired) electrons. The summed E-state index contributed by atoms with van der Waals surface area (Å²) in [7, 11) is 1.88. The quantitative estimate of drug-likeness (QED) is 0.664. The van der Waals surface area contributed by atoms with E-state index >= 15 is 0 Å². The van der Waals surface area contributed by atoms with E-state index in [1.807, 2.05) is 13.2 Å². The molecule has 1 heterocycles. The van der Waals surface area contributed by atoms with Crippen LogP contribution in [0.3, 0.4) is 0 Å². The molecule has 0 unspecified atom stereocenters. The number of rotatable bonds is 2. The largest absolute Gasteiger partial charge is 0.275 e. The van der Waals surface area contributed by atoms with Crippen LogP contribution in [0.2, 0.25) is 0 Å². The molecule has 1 aromatic rings. The van der Waals surface area contributed by atoms with Gasteiger partial charge in [-0.2, -0.15) is 10.4 Å². The third kappa shape index (κ3) is 1.65. The first kappa shape index (κ1) is 8.79. The Balaban J connectivity index is 3.01. The highest BCUT2D eigenvalue weighted by Crippen LogP contribution is 2.16. The van der Waals surface area contributed by atoms with Gasteiger partial charge in [-0.3, -0.25) is 4.68 Å². The van der Waals surface area contributed by atoms with Crippen LogP contribution in [-0.2, 0) is 13.5 Å². The summed E-state index contributed by atoms with van der Waals surface area (Å²) in [4.78, 5) is 0. The first-order chi connectivity index (χ1) is 5.65. The molecule has 0 atom stereocenters. The number of aromatic nitrogens is 2. The van der Waals surface area contributed by atoms with Crippen LogP contribution in [0.1, 0.15) is 31.0 Å². The molecule has 0 saturated heterocycles. The van der Waals surface area contributed by atoms with E-state index in [-0.39, 0.29) is 0 Å². The van der Waals surface area contributed by atoms with Crippen molar-refractivity contribution >= 4 is 0 Å². The Morgan fingerprint density at radius 2 is 2.33 bits per heavy atom. The number of nitrogens with zero attached hydrogens (tertiary/aromatic N) is 3. The van der Waals surface area contributed by atoms with Crippen LogP contribution in [-0.4, -0.2) is 9.78 Å². The lowest BCUT2D eigenvalue weighted by molar-refractivity contribution is 0.712. The third-order valence-corrected chi connectivity index (χ3v) is 1.75. The van der Waals surface area contributed by atoms with Gasteiger partial charge in [0.25, 0.3) is 0 Å². The molecule has 0 fully saturated rings. The van der Waals surface area contributed by atoms with Gasteiger partial charge in [0, 0.05) is 18.8 Å². The minimum absolute atomic E-state index is 0.398. The fraction of sp³-hybridized carbons (Fsp3) is 0.556. The highest BCUT2D eigenvalue weighted by molar-refractivity contribution is 5.23. The lowest BCUT2D eigenvalue weighted by Gasteiger charge is -2.00. The summed E-state index contributed by atoms with van der Waals surface area (Å²) >= 11 is 0. The SMILES string of the molecule is CC(C)c1nn(C)cc1CC#N. The van der Waals surface area contributed by atoms with E-state index in [4.69, 9.17) is 5.26 Å². The maximum absolute atomic E-state index is 8.55. The van der Waals surface area contributed by atoms with Gasteiger partial charge in [-0.25, -0.2) is 0 Å². The topological polar surface area (TPSA) is 41.6 Å². The van der Waals surface area contributed by atoms with Gasteiger partial charge < -0.3 is 0 Å². The van der Waals surface area contributed by atoms with E-state index in [0.717, 1.165) is 11.3 Å². The van der Waals surface area contributed by atoms with E-state index in [2.05, 4.69) is 25.0 Å². The van der Waals surface area contributed by atoms with Crippen LogP contribution in [0.4, 0.5) is 0 Å². The van der Waals surface area contributed by atoms with Crippen LogP contribution >= 0.6 is 0 Å². The molecule has 3 nitrogen and oxygen atoms in total. The molecule has 0 spiro atoms. The van der Waals surface area contributed by atoms with Crippen molar-refractivity contribution in [3.63, 3.8) is 0 Å². The molecule has 0 aliphatic rings. The summed E-state index contributed by atoms with van der Waals surface area (Å²) in [6, 6.07) is 2.14. The van der Waals surface area contributed by atoms with E-state index < -0.39 is 0 Å². The third-order valence-electron chi connectivity index (χ3n) is 1.75. The fourth-order valence-corrected chi connectivity index (χ4v) is 1.26. The molecule has 3 heteroatoms. The number of hydrogen-bond donors (Lipinski definition) is 0. The van der Waals surface area contributed by atoms with Crippen molar-refractivity contribution in [2.45, 2.75) is 26.2 Å². The highest BCUT2D eigenvalue weighted by atomic mass is 15.3. The molecule has 0 bridgehead atoms. The smallest absolute Gasteiger partial charge is 0.0692 e. The van der Waals surface area contributed by atoms with Crippen molar-refractivity contribution in [2.24, 2.45) is 7.05 Å². The predicted octanol–water partition coefficient (Wildman–Crippen LogP) is 1.61. The minimum atomic E-state index is 0.398. The molecule has 0 amide bonds. The molecular weight excluding hydrogens is 150 g/mol. The predicted molar refractivity (Wildman–Crippen MR) is 46.6 cm³/mol. The zero-order valence-corrected chi connectivity index (χ0v) is 7.70. The standard InChI is InChI=1S/C9H13N3/c1-7(2)9-8(4-5-10)6-12(3)11-9/h6-7H,4H2,1-3H3. The molecule has 1 rings (SSSR count). The van der Waals surface area contributed by atoms with Crippen LogP contribution in [0.15, 0.2) is 6.20 Å². The van der Waals surface area contributed by atoms with Crippen LogP contribution in [0.5, 0.6) is 0 Å².